The Kier molecular flexibility index (Phi) is 6.04. The van der Waals surface area contributed by atoms with E-state index in [1.165, 1.54) is 11.1 Å². The van der Waals surface area contributed by atoms with Crippen LogP contribution in [0.1, 0.15) is 16.7 Å². The number of nitrogens with zero attached hydrogens (tertiary/aromatic N) is 3. The number of amides is 1. The summed E-state index contributed by atoms with van der Waals surface area (Å²) in [4.78, 5) is 21.6. The summed E-state index contributed by atoms with van der Waals surface area (Å²) in [5, 5.41) is 0.753. The summed E-state index contributed by atoms with van der Waals surface area (Å²) in [5.74, 6) is -0.0471. The minimum atomic E-state index is -0.0471. The Hall–Kier alpha value is -2.50. The lowest BCUT2D eigenvalue weighted by molar-refractivity contribution is -0.114. The first-order valence-electron chi connectivity index (χ1n) is 9.02. The van der Waals surface area contributed by atoms with E-state index < -0.39 is 0 Å². The van der Waals surface area contributed by atoms with Crippen molar-refractivity contribution in [1.29, 1.82) is 0 Å². The summed E-state index contributed by atoms with van der Waals surface area (Å²) in [7, 11) is 4.02. The average molecular weight is 380 g/mol. The van der Waals surface area contributed by atoms with E-state index in [0.717, 1.165) is 27.5 Å². The van der Waals surface area contributed by atoms with Gasteiger partial charge >= 0.3 is 0 Å². The highest BCUT2D eigenvalue weighted by atomic mass is 32.1. The molecule has 0 aliphatic heterocycles. The fraction of sp³-hybridized carbons (Fsp3) is 0.273. The Morgan fingerprint density at radius 3 is 2.52 bits per heavy atom. The molecule has 0 N–H and O–H groups in total. The number of aromatic nitrogens is 1. The Morgan fingerprint density at radius 1 is 1.07 bits per heavy atom. The number of carbonyl (C=O) groups is 1. The van der Waals surface area contributed by atoms with E-state index in [1.54, 1.807) is 22.3 Å². The zero-order chi connectivity index (χ0) is 19.4. The van der Waals surface area contributed by atoms with Crippen LogP contribution in [-0.2, 0) is 4.79 Å². The lowest BCUT2D eigenvalue weighted by Gasteiger charge is -2.20. The molecule has 0 atom stereocenters. The molecule has 1 heterocycles. The van der Waals surface area contributed by atoms with Gasteiger partial charge in [-0.25, -0.2) is 4.98 Å². The van der Waals surface area contributed by atoms with Gasteiger partial charge < -0.3 is 4.90 Å². The van der Waals surface area contributed by atoms with Crippen LogP contribution in [0.15, 0.2) is 48.5 Å². The maximum atomic E-state index is 12.9. The molecule has 0 fully saturated rings. The lowest BCUT2D eigenvalue weighted by Crippen LogP contribution is -2.35. The van der Waals surface area contributed by atoms with Crippen LogP contribution in [0.5, 0.6) is 0 Å². The molecular formula is C22H25N3OS. The highest BCUT2D eigenvalue weighted by molar-refractivity contribution is 7.22. The maximum Gasteiger partial charge on any atom is 0.252 e. The summed E-state index contributed by atoms with van der Waals surface area (Å²) in [5.41, 5.74) is 4.39. The maximum absolute atomic E-state index is 12.9. The van der Waals surface area contributed by atoms with Crippen LogP contribution in [0.2, 0.25) is 0 Å². The molecule has 27 heavy (non-hydrogen) atoms. The van der Waals surface area contributed by atoms with Crippen LogP contribution >= 0.6 is 11.3 Å². The Balaban J connectivity index is 1.92. The first-order valence-corrected chi connectivity index (χ1v) is 9.83. The van der Waals surface area contributed by atoms with Crippen LogP contribution in [0, 0.1) is 13.8 Å². The molecule has 4 nitrogen and oxygen atoms in total. The van der Waals surface area contributed by atoms with Crippen molar-refractivity contribution in [3.05, 3.63) is 65.2 Å². The van der Waals surface area contributed by atoms with Gasteiger partial charge in [0.25, 0.3) is 5.91 Å². The fourth-order valence-corrected chi connectivity index (χ4v) is 3.81. The van der Waals surface area contributed by atoms with Gasteiger partial charge in [-0.3, -0.25) is 9.69 Å². The number of fused-ring (bicyclic) bond motifs is 1. The average Bonchev–Trinajstić information content (AvgIpc) is 3.08. The van der Waals surface area contributed by atoms with Gasteiger partial charge in [0.05, 0.1) is 10.2 Å². The zero-order valence-electron chi connectivity index (χ0n) is 16.3. The standard InChI is InChI=1S/C22H25N3OS/c1-16-10-12-19-21(17(16)2)23-22(27-19)25(15-14-24(3)4)20(26)13-11-18-8-6-5-7-9-18/h5-13H,14-15H2,1-4H3. The molecular weight excluding hydrogens is 354 g/mol. The van der Waals surface area contributed by atoms with E-state index in [0.29, 0.717) is 6.54 Å². The SMILES string of the molecule is Cc1ccc2sc(N(CCN(C)C)C(=O)C=Cc3ccccc3)nc2c1C. The lowest BCUT2D eigenvalue weighted by atomic mass is 10.1. The largest absolute Gasteiger partial charge is 0.308 e. The molecule has 5 heteroatoms. The van der Waals surface area contributed by atoms with Crippen molar-refractivity contribution < 1.29 is 4.79 Å². The first-order chi connectivity index (χ1) is 13.0. The monoisotopic (exact) mass is 379 g/mol. The number of anilines is 1. The van der Waals surface area contributed by atoms with Crippen LogP contribution in [0.25, 0.3) is 16.3 Å². The number of hydrogen-bond acceptors (Lipinski definition) is 4. The number of benzene rings is 2. The van der Waals surface area contributed by atoms with Crippen LogP contribution in [-0.4, -0.2) is 43.0 Å². The summed E-state index contributed by atoms with van der Waals surface area (Å²) in [6.45, 7) is 5.55. The fourth-order valence-electron chi connectivity index (χ4n) is 2.75. The van der Waals surface area contributed by atoms with Crippen LogP contribution in [0.3, 0.4) is 0 Å². The van der Waals surface area contributed by atoms with E-state index in [-0.39, 0.29) is 5.91 Å². The van der Waals surface area contributed by atoms with Gasteiger partial charge in [-0.2, -0.15) is 0 Å². The normalized spacial score (nSPS) is 11.6. The molecule has 0 aliphatic carbocycles. The molecule has 2 aromatic carbocycles. The van der Waals surface area contributed by atoms with Crippen molar-refractivity contribution in [3.8, 4) is 0 Å². The van der Waals surface area contributed by atoms with Gasteiger partial charge in [0, 0.05) is 19.2 Å². The molecule has 0 radical (unpaired) electrons. The van der Waals surface area contributed by atoms with Crippen molar-refractivity contribution in [1.82, 2.24) is 9.88 Å². The Morgan fingerprint density at radius 2 is 1.81 bits per heavy atom. The third-order valence-corrected chi connectivity index (χ3v) is 5.60. The Labute approximate surface area is 164 Å². The minimum Gasteiger partial charge on any atom is -0.308 e. The van der Waals surface area contributed by atoms with Gasteiger partial charge in [-0.15, -0.1) is 0 Å². The molecule has 0 saturated carbocycles. The molecule has 0 unspecified atom stereocenters. The van der Waals surface area contributed by atoms with Gasteiger partial charge in [0.15, 0.2) is 5.13 Å². The topological polar surface area (TPSA) is 36.4 Å². The molecule has 0 aliphatic rings. The van der Waals surface area contributed by atoms with E-state index in [9.17, 15) is 4.79 Å². The predicted molar refractivity (Wildman–Crippen MR) is 115 cm³/mol. The molecule has 3 rings (SSSR count). The second-order valence-corrected chi connectivity index (χ2v) is 7.90. The number of likely N-dealkylation sites (N-methyl/N-ethyl adjacent to an activating group) is 1. The summed E-state index contributed by atoms with van der Waals surface area (Å²) >= 11 is 1.57. The predicted octanol–water partition coefficient (Wildman–Crippen LogP) is 4.52. The summed E-state index contributed by atoms with van der Waals surface area (Å²) in [6, 6.07) is 14.1. The van der Waals surface area contributed by atoms with Gasteiger partial charge in [0.1, 0.15) is 0 Å². The van der Waals surface area contributed by atoms with Crippen molar-refractivity contribution in [2.75, 3.05) is 32.1 Å². The van der Waals surface area contributed by atoms with E-state index >= 15 is 0 Å². The van der Waals surface area contributed by atoms with E-state index in [1.807, 2.05) is 50.5 Å². The van der Waals surface area contributed by atoms with E-state index in [4.69, 9.17) is 4.98 Å². The smallest absolute Gasteiger partial charge is 0.252 e. The van der Waals surface area contributed by atoms with Gasteiger partial charge in [0.2, 0.25) is 0 Å². The molecule has 0 spiro atoms. The number of thiazole rings is 1. The van der Waals surface area contributed by atoms with Crippen molar-refractivity contribution >= 4 is 38.7 Å². The van der Waals surface area contributed by atoms with Crippen molar-refractivity contribution in [2.24, 2.45) is 0 Å². The number of rotatable bonds is 6. The van der Waals surface area contributed by atoms with Gasteiger partial charge in [-0.1, -0.05) is 47.7 Å². The second kappa shape index (κ2) is 8.46. The molecule has 0 saturated heterocycles. The van der Waals surface area contributed by atoms with Crippen molar-refractivity contribution in [2.45, 2.75) is 13.8 Å². The van der Waals surface area contributed by atoms with Crippen LogP contribution < -0.4 is 4.90 Å². The molecule has 1 aromatic heterocycles. The third kappa shape index (κ3) is 4.62. The van der Waals surface area contributed by atoms with Crippen LogP contribution in [0.4, 0.5) is 5.13 Å². The molecule has 3 aromatic rings. The minimum absolute atomic E-state index is 0.0471. The number of hydrogen-bond donors (Lipinski definition) is 0. The third-order valence-electron chi connectivity index (χ3n) is 4.56. The van der Waals surface area contributed by atoms with Gasteiger partial charge in [-0.05, 0) is 56.8 Å². The molecule has 0 bridgehead atoms. The first kappa shape index (κ1) is 19.3. The summed E-state index contributed by atoms with van der Waals surface area (Å²) < 4.78 is 1.11. The Bertz CT molecular complexity index is 960. The highest BCUT2D eigenvalue weighted by Gasteiger charge is 2.19. The molecule has 1 amide bonds. The summed E-state index contributed by atoms with van der Waals surface area (Å²) in [6.07, 6.45) is 3.49. The van der Waals surface area contributed by atoms with E-state index in [2.05, 4.69) is 30.9 Å². The number of aryl methyl sites for hydroxylation is 2. The number of carbonyl (C=O) groups excluding carboxylic acids is 1. The zero-order valence-corrected chi connectivity index (χ0v) is 17.1. The quantitative estimate of drug-likeness (QED) is 0.591. The molecule has 140 valence electrons. The highest BCUT2D eigenvalue weighted by Crippen LogP contribution is 2.32. The second-order valence-electron chi connectivity index (χ2n) is 6.89. The van der Waals surface area contributed by atoms with Crippen molar-refractivity contribution in [3.63, 3.8) is 0 Å².